The number of esters is 2. The van der Waals surface area contributed by atoms with Gasteiger partial charge in [0, 0.05) is 12.1 Å². The molecule has 10 heteroatoms. The van der Waals surface area contributed by atoms with Gasteiger partial charge in [-0.15, -0.1) is 0 Å². The van der Waals surface area contributed by atoms with Crippen molar-refractivity contribution in [3.05, 3.63) is 94.5 Å². The molecule has 0 aliphatic carbocycles. The maximum Gasteiger partial charge on any atom is 0.338 e. The van der Waals surface area contributed by atoms with Crippen LogP contribution < -0.4 is 0 Å². The molecule has 0 N–H and O–H groups in total. The van der Waals surface area contributed by atoms with Crippen LogP contribution in [0.15, 0.2) is 66.9 Å². The molecule has 192 valence electrons. The van der Waals surface area contributed by atoms with E-state index < -0.39 is 30.4 Å². The Balaban J connectivity index is 1.48. The van der Waals surface area contributed by atoms with Gasteiger partial charge in [-0.3, -0.25) is 0 Å². The van der Waals surface area contributed by atoms with E-state index in [0.717, 1.165) is 0 Å². The summed E-state index contributed by atoms with van der Waals surface area (Å²) in [4.78, 5) is 34.3. The number of carbonyl (C=O) groups is 2. The predicted molar refractivity (Wildman–Crippen MR) is 137 cm³/mol. The monoisotopic (exact) mass is 530 g/mol. The van der Waals surface area contributed by atoms with Crippen LogP contribution in [0.25, 0.3) is 11.0 Å². The lowest BCUT2D eigenvalue weighted by atomic mass is 10.0. The molecular weight excluding hydrogens is 508 g/mol. The van der Waals surface area contributed by atoms with E-state index in [1.807, 2.05) is 13.0 Å². The zero-order chi connectivity index (χ0) is 26.8. The standard InChI is InChI=1S/C28H23ClN4O5/c1-16-21(15-36-27(34)18-9-5-3-6-10-18)37-26(23(16)38-28(35)19-11-7-4-8-12-19)33-14-20(13-30)22-24(29)31-17(2)32-25(22)33/h3-12,14,16,21,23,26H,15H2,1-2H3/t16-,21-,23-,26-/m1/s1. The van der Waals surface area contributed by atoms with Gasteiger partial charge in [-0.25, -0.2) is 19.6 Å². The van der Waals surface area contributed by atoms with Gasteiger partial charge < -0.3 is 18.8 Å². The zero-order valence-electron chi connectivity index (χ0n) is 20.6. The third-order valence-electron chi connectivity index (χ3n) is 6.47. The zero-order valence-corrected chi connectivity index (χ0v) is 21.3. The van der Waals surface area contributed by atoms with Crippen LogP contribution in [0.3, 0.4) is 0 Å². The van der Waals surface area contributed by atoms with E-state index in [0.29, 0.717) is 28.0 Å². The quantitative estimate of drug-likeness (QED) is 0.256. The van der Waals surface area contributed by atoms with Crippen molar-refractivity contribution in [3.63, 3.8) is 0 Å². The Hall–Kier alpha value is -4.26. The molecule has 5 rings (SSSR count). The van der Waals surface area contributed by atoms with Crippen LogP contribution in [-0.2, 0) is 14.2 Å². The second-order valence-corrected chi connectivity index (χ2v) is 9.30. The average Bonchev–Trinajstić information content (AvgIpc) is 3.45. The first-order chi connectivity index (χ1) is 18.4. The van der Waals surface area contributed by atoms with Gasteiger partial charge in [-0.2, -0.15) is 5.26 Å². The minimum absolute atomic E-state index is 0.0656. The maximum absolute atomic E-state index is 13.0. The third kappa shape index (κ3) is 4.84. The fourth-order valence-electron chi connectivity index (χ4n) is 4.50. The van der Waals surface area contributed by atoms with Crippen LogP contribution in [0.2, 0.25) is 5.15 Å². The Morgan fingerprint density at radius 2 is 1.68 bits per heavy atom. The van der Waals surface area contributed by atoms with Gasteiger partial charge in [-0.05, 0) is 31.2 Å². The number of rotatable bonds is 6. The smallest absolute Gasteiger partial charge is 0.338 e. The molecule has 0 radical (unpaired) electrons. The molecule has 3 heterocycles. The fourth-order valence-corrected chi connectivity index (χ4v) is 4.81. The number of benzene rings is 2. The van der Waals surface area contributed by atoms with E-state index in [4.69, 9.17) is 25.8 Å². The number of aromatic nitrogens is 3. The van der Waals surface area contributed by atoms with Gasteiger partial charge in [0.15, 0.2) is 12.3 Å². The minimum Gasteiger partial charge on any atom is -0.459 e. The SMILES string of the molecule is Cc1nc(Cl)c2c(C#N)cn([C@@H]3O[C@H](COC(=O)c4ccccc4)[C@@H](C)[C@H]3OC(=O)c3ccccc3)c2n1. The van der Waals surface area contributed by atoms with Crippen LogP contribution in [0.4, 0.5) is 0 Å². The fraction of sp³-hybridized carbons (Fsp3) is 0.250. The number of ether oxygens (including phenoxy) is 3. The second kappa shape index (κ2) is 10.6. The van der Waals surface area contributed by atoms with E-state index in [2.05, 4.69) is 16.0 Å². The van der Waals surface area contributed by atoms with Crippen molar-refractivity contribution in [2.75, 3.05) is 6.61 Å². The van der Waals surface area contributed by atoms with Gasteiger partial charge in [0.1, 0.15) is 35.4 Å². The number of hydrogen-bond acceptors (Lipinski definition) is 8. The van der Waals surface area contributed by atoms with Gasteiger partial charge in [0.2, 0.25) is 0 Å². The largest absolute Gasteiger partial charge is 0.459 e. The summed E-state index contributed by atoms with van der Waals surface area (Å²) in [5.41, 5.74) is 1.43. The second-order valence-electron chi connectivity index (χ2n) is 8.95. The normalized spacial score (nSPS) is 20.7. The third-order valence-corrected chi connectivity index (χ3v) is 6.75. The number of aryl methyl sites for hydroxylation is 1. The number of carbonyl (C=O) groups excluding carboxylic acids is 2. The lowest BCUT2D eigenvalue weighted by Gasteiger charge is -2.23. The molecule has 0 amide bonds. The predicted octanol–water partition coefficient (Wildman–Crippen LogP) is 4.88. The topological polar surface area (TPSA) is 116 Å². The van der Waals surface area contributed by atoms with Crippen molar-refractivity contribution in [2.24, 2.45) is 5.92 Å². The van der Waals surface area contributed by atoms with Gasteiger partial charge in [0.25, 0.3) is 0 Å². The van der Waals surface area contributed by atoms with Crippen molar-refractivity contribution in [2.45, 2.75) is 32.3 Å². The highest BCUT2D eigenvalue weighted by atomic mass is 35.5. The molecular formula is C28H23ClN4O5. The summed E-state index contributed by atoms with van der Waals surface area (Å²) in [5, 5.41) is 10.3. The van der Waals surface area contributed by atoms with Gasteiger partial charge >= 0.3 is 11.9 Å². The molecule has 38 heavy (non-hydrogen) atoms. The molecule has 0 saturated carbocycles. The molecule has 1 aliphatic heterocycles. The summed E-state index contributed by atoms with van der Waals surface area (Å²) in [6.45, 7) is 3.48. The molecule has 0 bridgehead atoms. The summed E-state index contributed by atoms with van der Waals surface area (Å²) in [6, 6.07) is 19.4. The molecule has 1 saturated heterocycles. The van der Waals surface area contributed by atoms with Crippen molar-refractivity contribution < 1.29 is 23.8 Å². The number of halogens is 1. The highest BCUT2D eigenvalue weighted by Crippen LogP contribution is 2.40. The first-order valence-electron chi connectivity index (χ1n) is 12.0. The highest BCUT2D eigenvalue weighted by molar-refractivity contribution is 6.34. The van der Waals surface area contributed by atoms with Crippen LogP contribution in [-0.4, -0.2) is 45.3 Å². The average molecular weight is 531 g/mol. The Bertz CT molecular complexity index is 1530. The maximum atomic E-state index is 13.0. The first kappa shape index (κ1) is 25.4. The summed E-state index contributed by atoms with van der Waals surface area (Å²) >= 11 is 6.37. The molecule has 1 fully saturated rings. The van der Waals surface area contributed by atoms with Crippen molar-refractivity contribution in [1.29, 1.82) is 5.26 Å². The van der Waals surface area contributed by atoms with E-state index in [9.17, 15) is 14.9 Å². The number of hydrogen-bond donors (Lipinski definition) is 0. The summed E-state index contributed by atoms with van der Waals surface area (Å²) < 4.78 is 19.5. The molecule has 2 aromatic heterocycles. The molecule has 0 unspecified atom stereocenters. The number of nitrogens with zero attached hydrogens (tertiary/aromatic N) is 4. The van der Waals surface area contributed by atoms with E-state index in [-0.39, 0.29) is 23.2 Å². The minimum atomic E-state index is -0.868. The van der Waals surface area contributed by atoms with Crippen molar-refractivity contribution >= 4 is 34.6 Å². The molecule has 0 spiro atoms. The highest BCUT2D eigenvalue weighted by Gasteiger charge is 2.47. The number of fused-ring (bicyclic) bond motifs is 1. The van der Waals surface area contributed by atoms with Crippen LogP contribution in [0.5, 0.6) is 0 Å². The molecule has 2 aromatic carbocycles. The molecule has 9 nitrogen and oxygen atoms in total. The molecule has 4 aromatic rings. The summed E-state index contributed by atoms with van der Waals surface area (Å²) in [6.07, 6.45) is -0.709. The molecule has 4 atom stereocenters. The Morgan fingerprint density at radius 3 is 2.32 bits per heavy atom. The van der Waals surface area contributed by atoms with Crippen molar-refractivity contribution in [3.8, 4) is 6.07 Å². The van der Waals surface area contributed by atoms with Gasteiger partial charge in [0.05, 0.1) is 22.1 Å². The Morgan fingerprint density at radius 1 is 1.05 bits per heavy atom. The summed E-state index contributed by atoms with van der Waals surface area (Å²) in [7, 11) is 0. The van der Waals surface area contributed by atoms with Crippen LogP contribution in [0.1, 0.15) is 45.3 Å². The van der Waals surface area contributed by atoms with Gasteiger partial charge in [-0.1, -0.05) is 54.9 Å². The first-order valence-corrected chi connectivity index (χ1v) is 12.3. The Labute approximate surface area is 223 Å². The lowest BCUT2D eigenvalue weighted by molar-refractivity contribution is -0.0593. The van der Waals surface area contributed by atoms with Crippen LogP contribution in [0, 0.1) is 24.2 Å². The van der Waals surface area contributed by atoms with Crippen molar-refractivity contribution in [1.82, 2.24) is 14.5 Å². The Kier molecular flexibility index (Phi) is 7.09. The van der Waals surface area contributed by atoms with E-state index in [1.165, 1.54) is 0 Å². The van der Waals surface area contributed by atoms with E-state index in [1.54, 1.807) is 72.3 Å². The molecule has 1 aliphatic rings. The van der Waals surface area contributed by atoms with Crippen LogP contribution >= 0.6 is 11.6 Å². The lowest BCUT2D eigenvalue weighted by Crippen LogP contribution is -2.31. The summed E-state index contributed by atoms with van der Waals surface area (Å²) in [5.74, 6) is -0.990. The van der Waals surface area contributed by atoms with E-state index >= 15 is 0 Å². The number of nitriles is 1.